The van der Waals surface area contributed by atoms with Crippen molar-refractivity contribution in [2.75, 3.05) is 6.54 Å². The van der Waals surface area contributed by atoms with E-state index in [1.165, 1.54) is 24.8 Å². The minimum atomic E-state index is -0.190. The summed E-state index contributed by atoms with van der Waals surface area (Å²) in [6.07, 6.45) is 3.82. The molecule has 0 bridgehead atoms. The summed E-state index contributed by atoms with van der Waals surface area (Å²) in [5.41, 5.74) is 1.54. The molecule has 0 aliphatic heterocycles. The van der Waals surface area contributed by atoms with Crippen LogP contribution in [0.5, 0.6) is 0 Å². The normalized spacial score (nSPS) is 23.5. The third-order valence-corrected chi connectivity index (χ3v) is 5.08. The second kappa shape index (κ2) is 5.92. The van der Waals surface area contributed by atoms with Gasteiger partial charge in [0.25, 0.3) is 0 Å². The van der Waals surface area contributed by atoms with Crippen molar-refractivity contribution in [1.82, 2.24) is 5.32 Å². The Balaban J connectivity index is 2.31. The molecule has 3 heteroatoms. The van der Waals surface area contributed by atoms with Crippen molar-refractivity contribution < 1.29 is 4.39 Å². The molecule has 1 aromatic rings. The van der Waals surface area contributed by atoms with Crippen LogP contribution < -0.4 is 5.32 Å². The number of hydrogen-bond acceptors (Lipinski definition) is 1. The van der Waals surface area contributed by atoms with Gasteiger partial charge in [-0.2, -0.15) is 0 Å². The Hall–Kier alpha value is -0.410. The van der Waals surface area contributed by atoms with E-state index in [1.54, 1.807) is 6.07 Å². The summed E-state index contributed by atoms with van der Waals surface area (Å²) in [6.45, 7) is 7.78. The van der Waals surface area contributed by atoms with Gasteiger partial charge < -0.3 is 5.32 Å². The highest BCUT2D eigenvalue weighted by Crippen LogP contribution is 2.48. The third-order valence-electron chi connectivity index (χ3n) is 4.47. The first-order chi connectivity index (χ1) is 8.95. The lowest BCUT2D eigenvalue weighted by Gasteiger charge is -2.35. The maximum Gasteiger partial charge on any atom is 0.137 e. The average Bonchev–Trinajstić information content (AvgIpc) is 2.70. The standard InChI is InChI=1S/C16H23BrFN/c1-4-19-15(12-6-5-9-16(12,2)3)11-7-8-14(18)13(17)10-11/h7-8,10,12,15,19H,4-6,9H2,1-3H3. The maximum absolute atomic E-state index is 13.4. The van der Waals surface area contributed by atoms with E-state index >= 15 is 0 Å². The lowest BCUT2D eigenvalue weighted by Crippen LogP contribution is -2.34. The van der Waals surface area contributed by atoms with Crippen molar-refractivity contribution in [3.8, 4) is 0 Å². The number of hydrogen-bond donors (Lipinski definition) is 1. The summed E-state index contributed by atoms with van der Waals surface area (Å²) < 4.78 is 14.0. The molecule has 0 spiro atoms. The van der Waals surface area contributed by atoms with Crippen molar-refractivity contribution >= 4 is 15.9 Å². The molecule has 0 saturated heterocycles. The molecule has 0 amide bonds. The Kier molecular flexibility index (Phi) is 4.67. The van der Waals surface area contributed by atoms with E-state index < -0.39 is 0 Å². The van der Waals surface area contributed by atoms with Gasteiger partial charge in [-0.15, -0.1) is 0 Å². The van der Waals surface area contributed by atoms with Crippen molar-refractivity contribution in [2.45, 2.75) is 46.1 Å². The lowest BCUT2D eigenvalue weighted by atomic mass is 9.75. The van der Waals surface area contributed by atoms with Gasteiger partial charge >= 0.3 is 0 Å². The predicted octanol–water partition coefficient (Wildman–Crippen LogP) is 5.07. The molecule has 1 aliphatic carbocycles. The van der Waals surface area contributed by atoms with Gasteiger partial charge in [0.15, 0.2) is 0 Å². The fraction of sp³-hybridized carbons (Fsp3) is 0.625. The van der Waals surface area contributed by atoms with Crippen LogP contribution in [0.3, 0.4) is 0 Å². The van der Waals surface area contributed by atoms with Crippen LogP contribution in [0, 0.1) is 17.2 Å². The molecule has 1 aromatic carbocycles. The van der Waals surface area contributed by atoms with Crippen molar-refractivity contribution in [3.05, 3.63) is 34.1 Å². The van der Waals surface area contributed by atoms with Crippen LogP contribution in [0.2, 0.25) is 0 Å². The fourth-order valence-electron chi connectivity index (χ4n) is 3.39. The predicted molar refractivity (Wildman–Crippen MR) is 81.6 cm³/mol. The number of halogens is 2. The molecule has 1 fully saturated rings. The zero-order chi connectivity index (χ0) is 14.0. The molecule has 2 rings (SSSR count). The SMILES string of the molecule is CCNC(c1ccc(F)c(Br)c1)C1CCCC1(C)C. The topological polar surface area (TPSA) is 12.0 Å². The number of benzene rings is 1. The van der Waals surface area contributed by atoms with Gasteiger partial charge in [0, 0.05) is 6.04 Å². The van der Waals surface area contributed by atoms with E-state index in [2.05, 4.69) is 42.0 Å². The monoisotopic (exact) mass is 327 g/mol. The molecular formula is C16H23BrFN. The Morgan fingerprint density at radius 2 is 2.21 bits per heavy atom. The molecular weight excluding hydrogens is 305 g/mol. The Morgan fingerprint density at radius 1 is 1.47 bits per heavy atom. The van der Waals surface area contributed by atoms with Gasteiger partial charge in [-0.05, 0) is 64.3 Å². The smallest absolute Gasteiger partial charge is 0.137 e. The number of nitrogens with one attached hydrogen (secondary N) is 1. The molecule has 0 aromatic heterocycles. The molecule has 1 nitrogen and oxygen atoms in total. The summed E-state index contributed by atoms with van der Waals surface area (Å²) >= 11 is 3.30. The highest BCUT2D eigenvalue weighted by molar-refractivity contribution is 9.10. The third kappa shape index (κ3) is 3.19. The van der Waals surface area contributed by atoms with E-state index in [1.807, 2.05) is 12.1 Å². The molecule has 106 valence electrons. The summed E-state index contributed by atoms with van der Waals surface area (Å²) in [4.78, 5) is 0. The zero-order valence-electron chi connectivity index (χ0n) is 12.0. The maximum atomic E-state index is 13.4. The van der Waals surface area contributed by atoms with Crippen LogP contribution in [-0.2, 0) is 0 Å². The quantitative estimate of drug-likeness (QED) is 0.814. The van der Waals surface area contributed by atoms with E-state index in [0.29, 0.717) is 21.8 Å². The van der Waals surface area contributed by atoms with Gasteiger partial charge in [0.05, 0.1) is 4.47 Å². The van der Waals surface area contributed by atoms with Crippen LogP contribution in [0.25, 0.3) is 0 Å². The first-order valence-electron chi connectivity index (χ1n) is 7.14. The lowest BCUT2D eigenvalue weighted by molar-refractivity contribution is 0.199. The minimum absolute atomic E-state index is 0.190. The Labute approximate surface area is 124 Å². The Bertz CT molecular complexity index is 444. The minimum Gasteiger partial charge on any atom is -0.310 e. The van der Waals surface area contributed by atoms with Gasteiger partial charge in [0.2, 0.25) is 0 Å². The van der Waals surface area contributed by atoms with E-state index in [0.717, 1.165) is 6.54 Å². The first-order valence-corrected chi connectivity index (χ1v) is 7.93. The molecule has 1 N–H and O–H groups in total. The summed E-state index contributed by atoms with van der Waals surface area (Å²) in [5, 5.41) is 3.60. The largest absolute Gasteiger partial charge is 0.310 e. The van der Waals surface area contributed by atoms with Gasteiger partial charge in [-0.25, -0.2) is 4.39 Å². The highest BCUT2D eigenvalue weighted by atomic mass is 79.9. The van der Waals surface area contributed by atoms with E-state index in [9.17, 15) is 4.39 Å². The van der Waals surface area contributed by atoms with Gasteiger partial charge in [-0.1, -0.05) is 33.3 Å². The van der Waals surface area contributed by atoms with Crippen LogP contribution in [0.4, 0.5) is 4.39 Å². The molecule has 0 radical (unpaired) electrons. The van der Waals surface area contributed by atoms with E-state index in [4.69, 9.17) is 0 Å². The highest BCUT2D eigenvalue weighted by Gasteiger charge is 2.39. The molecule has 1 aliphatic rings. The van der Waals surface area contributed by atoms with Crippen LogP contribution in [0.15, 0.2) is 22.7 Å². The second-order valence-corrected chi connectivity index (χ2v) is 7.05. The van der Waals surface area contributed by atoms with Crippen LogP contribution in [0.1, 0.15) is 51.6 Å². The van der Waals surface area contributed by atoms with Crippen molar-refractivity contribution in [3.63, 3.8) is 0 Å². The van der Waals surface area contributed by atoms with E-state index in [-0.39, 0.29) is 5.82 Å². The fourth-order valence-corrected chi connectivity index (χ4v) is 3.79. The van der Waals surface area contributed by atoms with Crippen LogP contribution in [-0.4, -0.2) is 6.54 Å². The van der Waals surface area contributed by atoms with Gasteiger partial charge in [-0.3, -0.25) is 0 Å². The summed E-state index contributed by atoms with van der Waals surface area (Å²) in [6, 6.07) is 5.73. The molecule has 0 heterocycles. The molecule has 2 atom stereocenters. The first kappa shape index (κ1) is 15.0. The average molecular weight is 328 g/mol. The second-order valence-electron chi connectivity index (χ2n) is 6.20. The molecule has 1 saturated carbocycles. The molecule has 19 heavy (non-hydrogen) atoms. The summed E-state index contributed by atoms with van der Waals surface area (Å²) in [5.74, 6) is 0.425. The van der Waals surface area contributed by atoms with Crippen molar-refractivity contribution in [2.24, 2.45) is 11.3 Å². The zero-order valence-corrected chi connectivity index (χ0v) is 13.6. The molecule has 2 unspecified atom stereocenters. The van der Waals surface area contributed by atoms with Crippen molar-refractivity contribution in [1.29, 1.82) is 0 Å². The Morgan fingerprint density at radius 3 is 2.74 bits per heavy atom. The number of rotatable bonds is 4. The summed E-state index contributed by atoms with van der Waals surface area (Å²) in [7, 11) is 0. The van der Waals surface area contributed by atoms with Gasteiger partial charge in [0.1, 0.15) is 5.82 Å². The van der Waals surface area contributed by atoms with Crippen LogP contribution >= 0.6 is 15.9 Å².